The summed E-state index contributed by atoms with van der Waals surface area (Å²) < 4.78 is 0. The molecule has 0 amide bonds. The normalized spacial score (nSPS) is 9.70. The second-order valence-corrected chi connectivity index (χ2v) is 2.87. The summed E-state index contributed by atoms with van der Waals surface area (Å²) >= 11 is 5.01. The third-order valence-corrected chi connectivity index (χ3v) is 1.69. The van der Waals surface area contributed by atoms with Gasteiger partial charge in [0.15, 0.2) is 0 Å². The van der Waals surface area contributed by atoms with Crippen molar-refractivity contribution in [1.82, 2.24) is 0 Å². The molecule has 1 heteroatoms. The molecule has 1 rings (SSSR count). The number of benzene rings is 1. The van der Waals surface area contributed by atoms with Gasteiger partial charge in [-0.2, -0.15) is 0 Å². The van der Waals surface area contributed by atoms with E-state index in [1.165, 1.54) is 12.0 Å². The fraction of sp³-hybridized carbons (Fsp3) is 0.333. The van der Waals surface area contributed by atoms with Crippen LogP contribution in [0.15, 0.2) is 29.2 Å². The number of aryl methyl sites for hydroxylation is 1. The summed E-state index contributed by atoms with van der Waals surface area (Å²) in [6, 6.07) is 8.17. The van der Waals surface area contributed by atoms with Crippen molar-refractivity contribution < 1.29 is 0 Å². The Balaban J connectivity index is 2.75. The molecule has 0 spiro atoms. The van der Waals surface area contributed by atoms with E-state index in [0.717, 1.165) is 11.3 Å². The highest BCUT2D eigenvalue weighted by Crippen LogP contribution is 2.09. The molecule has 0 N–H and O–H groups in total. The number of rotatable bonds is 2. The summed E-state index contributed by atoms with van der Waals surface area (Å²) in [7, 11) is 0. The summed E-state index contributed by atoms with van der Waals surface area (Å²) in [4.78, 5) is 0.950. The zero-order chi connectivity index (χ0) is 7.40. The minimum atomic E-state index is 0.950. The van der Waals surface area contributed by atoms with Crippen molar-refractivity contribution in [2.24, 2.45) is 0 Å². The van der Waals surface area contributed by atoms with Crippen molar-refractivity contribution >= 4 is 12.6 Å². The molecule has 0 aliphatic rings. The van der Waals surface area contributed by atoms with E-state index in [4.69, 9.17) is 12.6 Å². The molecule has 0 aromatic heterocycles. The number of hydrogen-bond donors (Lipinski definition) is 0. The minimum absolute atomic E-state index is 0.950. The molecule has 1 radical (unpaired) electrons. The monoisotopic (exact) mass is 151 g/mol. The van der Waals surface area contributed by atoms with Crippen molar-refractivity contribution in [3.63, 3.8) is 0 Å². The lowest BCUT2D eigenvalue weighted by molar-refractivity contribution is 0.918. The van der Waals surface area contributed by atoms with Gasteiger partial charge in [0.25, 0.3) is 0 Å². The van der Waals surface area contributed by atoms with E-state index >= 15 is 0 Å². The van der Waals surface area contributed by atoms with Gasteiger partial charge in [0.05, 0.1) is 0 Å². The van der Waals surface area contributed by atoms with E-state index in [1.807, 2.05) is 12.1 Å². The van der Waals surface area contributed by atoms with Gasteiger partial charge < -0.3 is 0 Å². The van der Waals surface area contributed by atoms with Gasteiger partial charge in [0.2, 0.25) is 0 Å². The molecule has 0 nitrogen and oxygen atoms in total. The van der Waals surface area contributed by atoms with Gasteiger partial charge in [-0.25, -0.2) is 0 Å². The molecule has 0 aliphatic heterocycles. The lowest BCUT2D eigenvalue weighted by Crippen LogP contribution is -1.80. The van der Waals surface area contributed by atoms with Gasteiger partial charge in [-0.15, -0.1) is 0 Å². The first-order valence-corrected chi connectivity index (χ1v) is 3.99. The van der Waals surface area contributed by atoms with Crippen LogP contribution in [0.25, 0.3) is 0 Å². The highest BCUT2D eigenvalue weighted by atomic mass is 32.1. The molecule has 0 fully saturated rings. The molecule has 0 aliphatic carbocycles. The standard InChI is InChI=1S/C9H11S/c1-2-4-8-5-3-6-9(10)7-8/h3,5-7H,2,4H2,1H3. The molecular formula is C9H11S. The Morgan fingerprint density at radius 1 is 1.40 bits per heavy atom. The van der Waals surface area contributed by atoms with Gasteiger partial charge >= 0.3 is 0 Å². The quantitative estimate of drug-likeness (QED) is 0.609. The maximum absolute atomic E-state index is 5.01. The second kappa shape index (κ2) is 3.57. The lowest BCUT2D eigenvalue weighted by Gasteiger charge is -1.96. The Morgan fingerprint density at radius 2 is 2.20 bits per heavy atom. The van der Waals surface area contributed by atoms with Crippen molar-refractivity contribution in [3.8, 4) is 0 Å². The molecule has 10 heavy (non-hydrogen) atoms. The van der Waals surface area contributed by atoms with Crippen LogP contribution in [0.3, 0.4) is 0 Å². The smallest absolute Gasteiger partial charge is 0.0379 e. The van der Waals surface area contributed by atoms with E-state index in [9.17, 15) is 0 Å². The van der Waals surface area contributed by atoms with Gasteiger partial charge in [-0.3, -0.25) is 0 Å². The maximum atomic E-state index is 5.01. The van der Waals surface area contributed by atoms with Crippen LogP contribution in [0.5, 0.6) is 0 Å². The first kappa shape index (κ1) is 7.55. The van der Waals surface area contributed by atoms with Crippen LogP contribution in [-0.4, -0.2) is 0 Å². The van der Waals surface area contributed by atoms with E-state index < -0.39 is 0 Å². The summed E-state index contributed by atoms with van der Waals surface area (Å²) in [6.45, 7) is 2.18. The predicted octanol–water partition coefficient (Wildman–Crippen LogP) is 3.20. The fourth-order valence-corrected chi connectivity index (χ4v) is 1.22. The largest absolute Gasteiger partial charge is 0.0801 e. The second-order valence-electron chi connectivity index (χ2n) is 2.40. The fourth-order valence-electron chi connectivity index (χ4n) is 0.990. The van der Waals surface area contributed by atoms with E-state index in [-0.39, 0.29) is 0 Å². The molecule has 1 aromatic rings. The highest BCUT2D eigenvalue weighted by molar-refractivity contribution is 7.80. The SMILES string of the molecule is CCCc1cccc([S])c1. The first-order valence-electron chi connectivity index (χ1n) is 3.59. The maximum Gasteiger partial charge on any atom is 0.0379 e. The molecule has 53 valence electrons. The lowest BCUT2D eigenvalue weighted by atomic mass is 10.1. The van der Waals surface area contributed by atoms with Crippen molar-refractivity contribution in [1.29, 1.82) is 0 Å². The van der Waals surface area contributed by atoms with Crippen LogP contribution >= 0.6 is 12.6 Å². The molecule has 0 heterocycles. The molecule has 0 saturated carbocycles. The number of hydrogen-bond acceptors (Lipinski definition) is 0. The Labute approximate surface area is 67.7 Å². The summed E-state index contributed by atoms with van der Waals surface area (Å²) in [6.07, 6.45) is 2.34. The van der Waals surface area contributed by atoms with Crippen LogP contribution in [0.1, 0.15) is 18.9 Å². The van der Waals surface area contributed by atoms with E-state index in [0.29, 0.717) is 0 Å². The Hall–Kier alpha value is -0.560. The summed E-state index contributed by atoms with van der Waals surface area (Å²) in [5, 5.41) is 0. The average Bonchev–Trinajstić information content (AvgIpc) is 1.88. The summed E-state index contributed by atoms with van der Waals surface area (Å²) in [5.41, 5.74) is 1.36. The van der Waals surface area contributed by atoms with Crippen molar-refractivity contribution in [2.45, 2.75) is 24.7 Å². The summed E-state index contributed by atoms with van der Waals surface area (Å²) in [5.74, 6) is 0. The molecular weight excluding hydrogens is 140 g/mol. The van der Waals surface area contributed by atoms with Gasteiger partial charge in [0.1, 0.15) is 0 Å². The molecule has 1 aromatic carbocycles. The van der Waals surface area contributed by atoms with Gasteiger partial charge in [-0.1, -0.05) is 38.1 Å². The average molecular weight is 151 g/mol. The van der Waals surface area contributed by atoms with Crippen LogP contribution in [0.2, 0.25) is 0 Å². The molecule has 0 saturated heterocycles. The third-order valence-electron chi connectivity index (χ3n) is 1.44. The van der Waals surface area contributed by atoms with Crippen LogP contribution in [0.4, 0.5) is 0 Å². The highest BCUT2D eigenvalue weighted by Gasteiger charge is 1.90. The zero-order valence-electron chi connectivity index (χ0n) is 6.13. The Bertz CT molecular complexity index is 206. The molecule has 0 atom stereocenters. The minimum Gasteiger partial charge on any atom is -0.0801 e. The molecule has 0 bridgehead atoms. The van der Waals surface area contributed by atoms with Crippen LogP contribution in [0, 0.1) is 0 Å². The van der Waals surface area contributed by atoms with Crippen LogP contribution < -0.4 is 0 Å². The van der Waals surface area contributed by atoms with Gasteiger partial charge in [0, 0.05) is 4.90 Å². The topological polar surface area (TPSA) is 0 Å². The van der Waals surface area contributed by atoms with Crippen molar-refractivity contribution in [3.05, 3.63) is 29.8 Å². The Morgan fingerprint density at radius 3 is 2.80 bits per heavy atom. The first-order chi connectivity index (χ1) is 4.83. The molecule has 0 unspecified atom stereocenters. The third kappa shape index (κ3) is 1.99. The van der Waals surface area contributed by atoms with Gasteiger partial charge in [-0.05, 0) is 24.1 Å². The van der Waals surface area contributed by atoms with Crippen LogP contribution in [-0.2, 0) is 6.42 Å². The zero-order valence-corrected chi connectivity index (χ0v) is 6.95. The van der Waals surface area contributed by atoms with Crippen molar-refractivity contribution in [2.75, 3.05) is 0 Å². The predicted molar refractivity (Wildman–Crippen MR) is 46.3 cm³/mol. The van der Waals surface area contributed by atoms with E-state index in [1.54, 1.807) is 0 Å². The van der Waals surface area contributed by atoms with E-state index in [2.05, 4.69) is 19.1 Å². The Kier molecular flexibility index (Phi) is 2.69.